The highest BCUT2D eigenvalue weighted by molar-refractivity contribution is 6.02. The van der Waals surface area contributed by atoms with Gasteiger partial charge in [0.2, 0.25) is 0 Å². The van der Waals surface area contributed by atoms with Gasteiger partial charge in [-0.15, -0.1) is 0 Å². The van der Waals surface area contributed by atoms with E-state index >= 15 is 0 Å². The number of nitrogens with one attached hydrogen (secondary N) is 1. The van der Waals surface area contributed by atoms with Crippen molar-refractivity contribution < 1.29 is 38.9 Å². The Morgan fingerprint density at radius 2 is 1.58 bits per heavy atom. The van der Waals surface area contributed by atoms with Gasteiger partial charge in [0, 0.05) is 19.2 Å². The van der Waals surface area contributed by atoms with Crippen LogP contribution in [0, 0.1) is 0 Å². The topological polar surface area (TPSA) is 168 Å². The van der Waals surface area contributed by atoms with Gasteiger partial charge in [-0.05, 0) is 42.0 Å². The third kappa shape index (κ3) is 6.72. The third-order valence-electron chi connectivity index (χ3n) is 3.94. The Morgan fingerprint density at radius 3 is 2.10 bits per heavy atom. The molecule has 0 saturated heterocycles. The van der Waals surface area contributed by atoms with E-state index in [0.717, 1.165) is 10.6 Å². The van der Waals surface area contributed by atoms with Gasteiger partial charge in [0.15, 0.2) is 6.61 Å². The maximum atomic E-state index is 12.5. The van der Waals surface area contributed by atoms with Gasteiger partial charge in [0.25, 0.3) is 17.9 Å². The first-order valence-corrected chi connectivity index (χ1v) is 8.93. The standard InChI is InChI=1S/C20H21N3O8/c1-23(22-18(26)13-4-2-12(10-21)3-5-13)19(27)17(20(28)29)31-15-8-6-14(7-9-15)30-11-16(24)25/h2-9,17H,10-11,21H2,1H3,(H,22,26)(H,24,25)(H,28,29). The molecule has 0 bridgehead atoms. The number of likely N-dealkylation sites (N-methyl/N-ethyl adjacent to an activating group) is 1. The van der Waals surface area contributed by atoms with Crippen LogP contribution in [0.3, 0.4) is 0 Å². The quantitative estimate of drug-likeness (QED) is 0.321. The van der Waals surface area contributed by atoms with E-state index in [1.807, 2.05) is 0 Å². The van der Waals surface area contributed by atoms with Crippen LogP contribution in [-0.4, -0.2) is 58.7 Å². The SMILES string of the molecule is CN(NC(=O)c1ccc(CN)cc1)C(=O)C(Oc1ccc(OCC(=O)O)cc1)C(=O)O. The van der Waals surface area contributed by atoms with E-state index in [1.54, 1.807) is 12.1 Å². The first-order chi connectivity index (χ1) is 14.7. The maximum absolute atomic E-state index is 12.5. The van der Waals surface area contributed by atoms with Gasteiger partial charge in [-0.1, -0.05) is 12.1 Å². The number of nitrogens with zero attached hydrogens (tertiary/aromatic N) is 1. The number of benzene rings is 2. The van der Waals surface area contributed by atoms with Crippen molar-refractivity contribution in [1.82, 2.24) is 10.4 Å². The van der Waals surface area contributed by atoms with E-state index < -0.39 is 36.5 Å². The Morgan fingerprint density at radius 1 is 1.00 bits per heavy atom. The second kappa shape index (κ2) is 10.6. The van der Waals surface area contributed by atoms with Gasteiger partial charge in [0.1, 0.15) is 11.5 Å². The Bertz CT molecular complexity index is 944. The van der Waals surface area contributed by atoms with Crippen molar-refractivity contribution in [2.45, 2.75) is 12.6 Å². The minimum absolute atomic E-state index is 0.0283. The zero-order valence-electron chi connectivity index (χ0n) is 16.5. The van der Waals surface area contributed by atoms with Gasteiger partial charge in [-0.25, -0.2) is 9.59 Å². The molecule has 0 heterocycles. The molecule has 0 aliphatic carbocycles. The molecule has 31 heavy (non-hydrogen) atoms. The van der Waals surface area contributed by atoms with Crippen LogP contribution in [0.2, 0.25) is 0 Å². The molecule has 2 rings (SSSR count). The molecule has 1 atom stereocenters. The fourth-order valence-electron chi connectivity index (χ4n) is 2.34. The predicted octanol–water partition coefficient (Wildman–Crippen LogP) is 0.244. The Balaban J connectivity index is 2.02. The lowest BCUT2D eigenvalue weighted by Gasteiger charge is -2.22. The smallest absolute Gasteiger partial charge is 0.355 e. The van der Waals surface area contributed by atoms with E-state index in [-0.39, 0.29) is 17.1 Å². The largest absolute Gasteiger partial charge is 0.482 e. The Hall–Kier alpha value is -4.12. The Labute approximate surface area is 176 Å². The number of rotatable bonds is 9. The van der Waals surface area contributed by atoms with E-state index in [0.29, 0.717) is 6.54 Å². The highest BCUT2D eigenvalue weighted by Crippen LogP contribution is 2.19. The van der Waals surface area contributed by atoms with Crippen molar-refractivity contribution in [3.05, 3.63) is 59.7 Å². The van der Waals surface area contributed by atoms with Crippen LogP contribution in [0.5, 0.6) is 11.5 Å². The Kier molecular flexibility index (Phi) is 7.92. The van der Waals surface area contributed by atoms with Gasteiger partial charge in [-0.3, -0.25) is 20.0 Å². The van der Waals surface area contributed by atoms with E-state index in [4.69, 9.17) is 20.3 Å². The number of carboxylic acid groups (broad SMARTS) is 2. The molecule has 0 saturated carbocycles. The molecule has 0 aromatic heterocycles. The van der Waals surface area contributed by atoms with Gasteiger partial charge >= 0.3 is 11.9 Å². The molecule has 0 aliphatic rings. The van der Waals surface area contributed by atoms with Crippen molar-refractivity contribution in [1.29, 1.82) is 0 Å². The lowest BCUT2D eigenvalue weighted by Crippen LogP contribution is -2.51. The molecule has 0 fully saturated rings. The molecule has 0 radical (unpaired) electrons. The van der Waals surface area contributed by atoms with E-state index in [9.17, 15) is 24.3 Å². The summed E-state index contributed by atoms with van der Waals surface area (Å²) in [6, 6.07) is 11.7. The highest BCUT2D eigenvalue weighted by atomic mass is 16.5. The molecule has 2 amide bonds. The van der Waals surface area contributed by atoms with Gasteiger partial charge in [0.05, 0.1) is 0 Å². The van der Waals surface area contributed by atoms with Crippen molar-refractivity contribution >= 4 is 23.8 Å². The number of amides is 2. The summed E-state index contributed by atoms with van der Waals surface area (Å²) in [5, 5.41) is 18.7. The van der Waals surface area contributed by atoms with Crippen LogP contribution in [0.1, 0.15) is 15.9 Å². The summed E-state index contributed by atoms with van der Waals surface area (Å²) in [6.45, 7) is -0.236. The first kappa shape index (κ1) is 23.2. The number of ether oxygens (including phenoxy) is 2. The molecule has 0 spiro atoms. The van der Waals surface area contributed by atoms with Crippen molar-refractivity contribution in [2.24, 2.45) is 5.73 Å². The van der Waals surface area contributed by atoms with Crippen LogP contribution in [0.15, 0.2) is 48.5 Å². The van der Waals surface area contributed by atoms with E-state index in [1.165, 1.54) is 43.4 Å². The minimum atomic E-state index is -1.93. The lowest BCUT2D eigenvalue weighted by atomic mass is 10.1. The zero-order valence-corrected chi connectivity index (χ0v) is 16.5. The fourth-order valence-corrected chi connectivity index (χ4v) is 2.34. The number of carbonyl (C=O) groups excluding carboxylic acids is 2. The second-order valence-corrected chi connectivity index (χ2v) is 6.23. The third-order valence-corrected chi connectivity index (χ3v) is 3.94. The maximum Gasteiger partial charge on any atom is 0.355 e. The molecule has 2 aromatic carbocycles. The van der Waals surface area contributed by atoms with Crippen molar-refractivity contribution in [3.8, 4) is 11.5 Å². The summed E-state index contributed by atoms with van der Waals surface area (Å²) in [5.74, 6) is -4.12. The van der Waals surface area contributed by atoms with Crippen molar-refractivity contribution in [3.63, 3.8) is 0 Å². The molecule has 11 nitrogen and oxygen atoms in total. The molecule has 2 aromatic rings. The normalized spacial score (nSPS) is 11.2. The molecular weight excluding hydrogens is 410 g/mol. The number of hydrogen-bond donors (Lipinski definition) is 4. The molecule has 1 unspecified atom stereocenters. The molecular formula is C20H21N3O8. The molecule has 164 valence electrons. The number of carboxylic acids is 2. The predicted molar refractivity (Wildman–Crippen MR) is 106 cm³/mol. The highest BCUT2D eigenvalue weighted by Gasteiger charge is 2.32. The molecule has 11 heteroatoms. The van der Waals surface area contributed by atoms with Crippen LogP contribution in [0.25, 0.3) is 0 Å². The first-order valence-electron chi connectivity index (χ1n) is 8.93. The zero-order chi connectivity index (χ0) is 23.0. The van der Waals surface area contributed by atoms with Crippen LogP contribution < -0.4 is 20.6 Å². The minimum Gasteiger partial charge on any atom is -0.482 e. The average molecular weight is 431 g/mol. The van der Waals surface area contributed by atoms with Crippen molar-refractivity contribution in [2.75, 3.05) is 13.7 Å². The average Bonchev–Trinajstić information content (AvgIpc) is 2.76. The monoisotopic (exact) mass is 431 g/mol. The number of aliphatic carboxylic acids is 2. The fraction of sp³-hybridized carbons (Fsp3) is 0.200. The molecule has 0 aliphatic heterocycles. The van der Waals surface area contributed by atoms with Crippen LogP contribution in [0.4, 0.5) is 0 Å². The number of nitrogens with two attached hydrogens (primary N) is 1. The summed E-state index contributed by atoms with van der Waals surface area (Å²) < 4.78 is 10.2. The number of hydrogen-bond acceptors (Lipinski definition) is 7. The molecule has 5 N–H and O–H groups in total. The van der Waals surface area contributed by atoms with Gasteiger partial charge < -0.3 is 25.4 Å². The van der Waals surface area contributed by atoms with E-state index in [2.05, 4.69) is 5.43 Å². The summed E-state index contributed by atoms with van der Waals surface area (Å²) in [4.78, 5) is 46.8. The number of hydrazine groups is 1. The summed E-state index contributed by atoms with van der Waals surface area (Å²) in [6.07, 6.45) is -1.93. The summed E-state index contributed by atoms with van der Waals surface area (Å²) in [7, 11) is 1.19. The number of carbonyl (C=O) groups is 4. The van der Waals surface area contributed by atoms with Crippen LogP contribution >= 0.6 is 0 Å². The summed E-state index contributed by atoms with van der Waals surface area (Å²) >= 11 is 0. The lowest BCUT2D eigenvalue weighted by molar-refractivity contribution is -0.156. The second-order valence-electron chi connectivity index (χ2n) is 6.23. The van der Waals surface area contributed by atoms with Gasteiger partial charge in [-0.2, -0.15) is 0 Å². The van der Waals surface area contributed by atoms with Crippen LogP contribution in [-0.2, 0) is 20.9 Å². The summed E-state index contributed by atoms with van der Waals surface area (Å²) in [5.41, 5.74) is 8.86.